The molecule has 3 rings (SSSR count). The lowest BCUT2D eigenvalue weighted by Crippen LogP contribution is -2.26. The first kappa shape index (κ1) is 16.0. The van der Waals surface area contributed by atoms with E-state index in [1.54, 1.807) is 19.1 Å². The molecule has 0 aliphatic rings. The number of fused-ring (bicyclic) bond motifs is 1. The van der Waals surface area contributed by atoms with Crippen LogP contribution < -0.4 is 11.2 Å². The van der Waals surface area contributed by atoms with E-state index in [0.717, 1.165) is 27.7 Å². The highest BCUT2D eigenvalue weighted by atomic mass is 35.5. The van der Waals surface area contributed by atoms with Crippen molar-refractivity contribution in [1.29, 1.82) is 5.41 Å². The molecule has 5 nitrogen and oxygen atoms in total. The van der Waals surface area contributed by atoms with Crippen LogP contribution >= 0.6 is 11.6 Å². The zero-order valence-corrected chi connectivity index (χ0v) is 13.6. The molecular formula is C17H15ClFN5. The van der Waals surface area contributed by atoms with Crippen LogP contribution in [-0.2, 0) is 0 Å². The van der Waals surface area contributed by atoms with E-state index >= 15 is 0 Å². The van der Waals surface area contributed by atoms with Crippen molar-refractivity contribution < 1.29 is 4.39 Å². The van der Waals surface area contributed by atoms with Gasteiger partial charge in [-0.25, -0.2) is 9.82 Å². The summed E-state index contributed by atoms with van der Waals surface area (Å²) in [5, 5.41) is 12.4. The molecule has 0 unspecified atom stereocenters. The molecule has 1 heterocycles. The van der Waals surface area contributed by atoms with Gasteiger partial charge in [0.25, 0.3) is 0 Å². The van der Waals surface area contributed by atoms with Gasteiger partial charge >= 0.3 is 0 Å². The van der Waals surface area contributed by atoms with Crippen molar-refractivity contribution in [2.75, 3.05) is 0 Å². The molecule has 0 spiro atoms. The maximum Gasteiger partial charge on any atom is 0.206 e. The molecule has 3 aromatic rings. The van der Waals surface area contributed by atoms with E-state index in [2.05, 4.69) is 15.5 Å². The second-order valence-corrected chi connectivity index (χ2v) is 5.68. The molecule has 2 aromatic carbocycles. The molecule has 0 bridgehead atoms. The predicted molar refractivity (Wildman–Crippen MR) is 96.0 cm³/mol. The minimum atomic E-state index is -0.471. The number of hydrogen-bond donors (Lipinski definition) is 4. The molecule has 0 saturated heterocycles. The van der Waals surface area contributed by atoms with Crippen molar-refractivity contribution in [1.82, 2.24) is 10.4 Å². The van der Waals surface area contributed by atoms with Gasteiger partial charge in [0.2, 0.25) is 5.96 Å². The van der Waals surface area contributed by atoms with Gasteiger partial charge in [-0.1, -0.05) is 29.8 Å². The average Bonchev–Trinajstić information content (AvgIpc) is 2.94. The Morgan fingerprint density at radius 1 is 1.29 bits per heavy atom. The number of nitrogens with zero attached hydrogens (tertiary/aromatic N) is 1. The maximum atomic E-state index is 13.5. The summed E-state index contributed by atoms with van der Waals surface area (Å²) in [6.07, 6.45) is 0. The summed E-state index contributed by atoms with van der Waals surface area (Å²) in [7, 11) is 0. The molecule has 0 atom stereocenters. The van der Waals surface area contributed by atoms with Crippen molar-refractivity contribution in [3.05, 3.63) is 58.9 Å². The van der Waals surface area contributed by atoms with Gasteiger partial charge in [-0.2, -0.15) is 5.10 Å². The Morgan fingerprint density at radius 2 is 2.04 bits per heavy atom. The third-order valence-corrected chi connectivity index (χ3v) is 3.91. The number of rotatable bonds is 3. The molecule has 1 aromatic heterocycles. The SMILES string of the molecule is CC(=NNC(=N)N)c1c(-c2ccc(F)c(Cl)c2)[nH]c2ccccc12. The number of hydrazone groups is 1. The zero-order valence-electron chi connectivity index (χ0n) is 12.8. The van der Waals surface area contributed by atoms with Gasteiger partial charge in [-0.3, -0.25) is 5.41 Å². The number of hydrogen-bond acceptors (Lipinski definition) is 2. The molecule has 5 N–H and O–H groups in total. The summed E-state index contributed by atoms with van der Waals surface area (Å²) in [5.41, 5.74) is 11.6. The third kappa shape index (κ3) is 2.96. The first-order valence-electron chi connectivity index (χ1n) is 7.18. The van der Waals surface area contributed by atoms with Crippen LogP contribution in [-0.4, -0.2) is 16.7 Å². The Hall–Kier alpha value is -2.86. The molecule has 7 heteroatoms. The Balaban J connectivity index is 2.23. The second kappa shape index (κ2) is 6.33. The molecule has 0 radical (unpaired) electrons. The van der Waals surface area contributed by atoms with E-state index in [9.17, 15) is 4.39 Å². The van der Waals surface area contributed by atoms with Gasteiger partial charge in [-0.05, 0) is 31.2 Å². The van der Waals surface area contributed by atoms with E-state index < -0.39 is 5.82 Å². The van der Waals surface area contributed by atoms with Gasteiger partial charge in [0.15, 0.2) is 0 Å². The summed E-state index contributed by atoms with van der Waals surface area (Å²) in [6.45, 7) is 1.81. The number of guanidine groups is 1. The highest BCUT2D eigenvalue weighted by Crippen LogP contribution is 2.32. The molecular weight excluding hydrogens is 329 g/mol. The number of nitrogens with one attached hydrogen (secondary N) is 3. The predicted octanol–water partition coefficient (Wildman–Crippen LogP) is 3.83. The van der Waals surface area contributed by atoms with Crippen molar-refractivity contribution in [3.63, 3.8) is 0 Å². The Labute approximate surface area is 142 Å². The Kier molecular flexibility index (Phi) is 4.22. The van der Waals surface area contributed by atoms with Crippen LogP contribution in [0.5, 0.6) is 0 Å². The van der Waals surface area contributed by atoms with Gasteiger partial charge in [0, 0.05) is 22.0 Å². The second-order valence-electron chi connectivity index (χ2n) is 5.27. The molecule has 0 saturated carbocycles. The maximum absolute atomic E-state index is 13.5. The summed E-state index contributed by atoms with van der Waals surface area (Å²) in [5.74, 6) is -0.720. The fourth-order valence-electron chi connectivity index (χ4n) is 2.59. The van der Waals surface area contributed by atoms with Crippen molar-refractivity contribution >= 4 is 34.2 Å². The lowest BCUT2D eigenvalue weighted by molar-refractivity contribution is 0.628. The van der Waals surface area contributed by atoms with Crippen molar-refractivity contribution in [3.8, 4) is 11.3 Å². The van der Waals surface area contributed by atoms with Crippen LogP contribution in [0.2, 0.25) is 5.02 Å². The van der Waals surface area contributed by atoms with Crippen LogP contribution in [0.4, 0.5) is 4.39 Å². The van der Waals surface area contributed by atoms with Crippen LogP contribution in [0.15, 0.2) is 47.6 Å². The summed E-state index contributed by atoms with van der Waals surface area (Å²) in [6, 6.07) is 12.3. The van der Waals surface area contributed by atoms with E-state index in [1.165, 1.54) is 6.07 Å². The number of H-pyrrole nitrogens is 1. The number of halogens is 2. The van der Waals surface area contributed by atoms with Crippen LogP contribution in [0.25, 0.3) is 22.2 Å². The Bertz CT molecular complexity index is 961. The fourth-order valence-corrected chi connectivity index (χ4v) is 2.77. The normalized spacial score (nSPS) is 11.7. The molecule has 0 amide bonds. The summed E-state index contributed by atoms with van der Waals surface area (Å²) in [4.78, 5) is 3.32. The van der Waals surface area contributed by atoms with Crippen LogP contribution in [0.3, 0.4) is 0 Å². The number of benzene rings is 2. The third-order valence-electron chi connectivity index (χ3n) is 3.62. The number of aromatic amines is 1. The van der Waals surface area contributed by atoms with Gasteiger partial charge in [-0.15, -0.1) is 0 Å². The number of para-hydroxylation sites is 1. The zero-order chi connectivity index (χ0) is 17.3. The van der Waals surface area contributed by atoms with E-state index in [-0.39, 0.29) is 11.0 Å². The smallest absolute Gasteiger partial charge is 0.206 e. The molecule has 0 aliphatic carbocycles. The first-order valence-corrected chi connectivity index (χ1v) is 7.56. The molecule has 122 valence electrons. The van der Waals surface area contributed by atoms with E-state index in [4.69, 9.17) is 22.7 Å². The monoisotopic (exact) mass is 343 g/mol. The molecule has 0 fully saturated rings. The Morgan fingerprint density at radius 3 is 2.75 bits per heavy atom. The summed E-state index contributed by atoms with van der Waals surface area (Å²) < 4.78 is 13.5. The number of aromatic nitrogens is 1. The van der Waals surface area contributed by atoms with Crippen molar-refractivity contribution in [2.45, 2.75) is 6.92 Å². The van der Waals surface area contributed by atoms with Crippen molar-refractivity contribution in [2.24, 2.45) is 10.8 Å². The quantitative estimate of drug-likeness (QED) is 0.330. The lowest BCUT2D eigenvalue weighted by atomic mass is 10.0. The number of nitrogens with two attached hydrogens (primary N) is 1. The lowest BCUT2D eigenvalue weighted by Gasteiger charge is -2.06. The standard InChI is InChI=1S/C17H15ClFN5/c1-9(23-24-17(20)21)15-11-4-2-3-5-14(11)22-16(15)10-6-7-13(19)12(18)8-10/h2-8,22H,1H3,(H4,20,21,24). The highest BCUT2D eigenvalue weighted by molar-refractivity contribution is 6.31. The largest absolute Gasteiger partial charge is 0.369 e. The first-order chi connectivity index (χ1) is 11.5. The average molecular weight is 344 g/mol. The fraction of sp³-hybridized carbons (Fsp3) is 0.0588. The summed E-state index contributed by atoms with van der Waals surface area (Å²) >= 11 is 5.92. The van der Waals surface area contributed by atoms with Gasteiger partial charge in [0.1, 0.15) is 5.82 Å². The minimum Gasteiger partial charge on any atom is -0.369 e. The van der Waals surface area contributed by atoms with Gasteiger partial charge < -0.3 is 10.7 Å². The van der Waals surface area contributed by atoms with Gasteiger partial charge in [0.05, 0.1) is 16.4 Å². The minimum absolute atomic E-state index is 0.0496. The highest BCUT2D eigenvalue weighted by Gasteiger charge is 2.16. The van der Waals surface area contributed by atoms with E-state index in [1.807, 2.05) is 24.3 Å². The van der Waals surface area contributed by atoms with Crippen LogP contribution in [0, 0.1) is 11.2 Å². The topological polar surface area (TPSA) is 90.1 Å². The van der Waals surface area contributed by atoms with E-state index in [0.29, 0.717) is 5.71 Å². The molecule has 0 aliphatic heterocycles. The molecule has 24 heavy (non-hydrogen) atoms. The van der Waals surface area contributed by atoms with Crippen LogP contribution in [0.1, 0.15) is 12.5 Å².